The highest BCUT2D eigenvalue weighted by Crippen LogP contribution is 2.28. The van der Waals surface area contributed by atoms with Gasteiger partial charge in [-0.25, -0.2) is 0 Å². The van der Waals surface area contributed by atoms with Crippen LogP contribution in [-0.2, 0) is 16.0 Å². The molecule has 3 rings (SSSR count). The second-order valence-corrected chi connectivity index (χ2v) is 6.13. The lowest BCUT2D eigenvalue weighted by molar-refractivity contribution is -0.149. The minimum atomic E-state index is -0.622. The topological polar surface area (TPSA) is 83.7 Å². The molecule has 0 radical (unpaired) electrons. The summed E-state index contributed by atoms with van der Waals surface area (Å²) in [5.74, 6) is 1.58. The molecule has 28 heavy (non-hydrogen) atoms. The van der Waals surface area contributed by atoms with E-state index in [2.05, 4.69) is 10.2 Å². The molecule has 0 bridgehead atoms. The standard InChI is InChI=1S/C21H22N2O5/c1-14(20-22-23-21(28-20)16-7-5-4-6-8-16)27-19(24)12-10-15-9-11-17(25-2)18(13-15)26-3/h4-9,11,13-14H,10,12H2,1-3H3/t14-/m0/s1. The van der Waals surface area contributed by atoms with Crippen molar-refractivity contribution in [2.75, 3.05) is 14.2 Å². The normalized spacial score (nSPS) is 11.7. The zero-order valence-electron chi connectivity index (χ0n) is 16.0. The van der Waals surface area contributed by atoms with Crippen molar-refractivity contribution >= 4 is 5.97 Å². The predicted octanol–water partition coefficient (Wildman–Crippen LogP) is 3.99. The molecule has 1 heterocycles. The highest BCUT2D eigenvalue weighted by atomic mass is 16.6. The van der Waals surface area contributed by atoms with Crippen molar-refractivity contribution in [3.8, 4) is 23.0 Å². The largest absolute Gasteiger partial charge is 0.493 e. The molecule has 0 amide bonds. The molecule has 7 heteroatoms. The summed E-state index contributed by atoms with van der Waals surface area (Å²) in [5, 5.41) is 7.99. The minimum absolute atomic E-state index is 0.222. The van der Waals surface area contributed by atoms with Gasteiger partial charge in [0.15, 0.2) is 17.6 Å². The van der Waals surface area contributed by atoms with Crippen LogP contribution in [0.4, 0.5) is 0 Å². The fourth-order valence-corrected chi connectivity index (χ4v) is 2.69. The SMILES string of the molecule is COc1ccc(CCC(=O)O[C@@H](C)c2nnc(-c3ccccc3)o2)cc1OC. The number of aryl methyl sites for hydroxylation is 1. The third kappa shape index (κ3) is 4.68. The van der Waals surface area contributed by atoms with Crippen molar-refractivity contribution in [1.29, 1.82) is 0 Å². The van der Waals surface area contributed by atoms with Gasteiger partial charge in [-0.05, 0) is 43.2 Å². The van der Waals surface area contributed by atoms with Gasteiger partial charge in [0, 0.05) is 12.0 Å². The third-order valence-electron chi connectivity index (χ3n) is 4.18. The molecule has 2 aromatic carbocycles. The van der Waals surface area contributed by atoms with Crippen molar-refractivity contribution in [1.82, 2.24) is 10.2 Å². The summed E-state index contributed by atoms with van der Waals surface area (Å²) in [5.41, 5.74) is 1.76. The van der Waals surface area contributed by atoms with Gasteiger partial charge in [0.2, 0.25) is 5.89 Å². The number of carbonyl (C=O) groups is 1. The number of rotatable bonds is 8. The van der Waals surface area contributed by atoms with Gasteiger partial charge in [0.25, 0.3) is 5.89 Å². The van der Waals surface area contributed by atoms with Crippen LogP contribution in [0.2, 0.25) is 0 Å². The lowest BCUT2D eigenvalue weighted by Gasteiger charge is -2.11. The Morgan fingerprint density at radius 1 is 1.04 bits per heavy atom. The molecule has 1 atom stereocenters. The van der Waals surface area contributed by atoms with Crippen molar-refractivity contribution in [3.05, 3.63) is 60.0 Å². The quantitative estimate of drug-likeness (QED) is 0.545. The lowest BCUT2D eigenvalue weighted by Crippen LogP contribution is -2.10. The van der Waals surface area contributed by atoms with E-state index in [1.165, 1.54) is 0 Å². The first-order valence-corrected chi connectivity index (χ1v) is 8.90. The number of aromatic nitrogens is 2. The van der Waals surface area contributed by atoms with Gasteiger partial charge >= 0.3 is 5.97 Å². The van der Waals surface area contributed by atoms with Gasteiger partial charge in [0.05, 0.1) is 14.2 Å². The zero-order chi connectivity index (χ0) is 19.9. The molecule has 0 N–H and O–H groups in total. The van der Waals surface area contributed by atoms with Crippen molar-refractivity contribution < 1.29 is 23.4 Å². The first kappa shape index (κ1) is 19.4. The molecule has 146 valence electrons. The van der Waals surface area contributed by atoms with E-state index >= 15 is 0 Å². The Bertz CT molecular complexity index is 924. The molecule has 1 aromatic heterocycles. The van der Waals surface area contributed by atoms with E-state index in [1.807, 2.05) is 48.5 Å². The van der Waals surface area contributed by atoms with E-state index in [-0.39, 0.29) is 18.3 Å². The first-order chi connectivity index (χ1) is 13.6. The Hall–Kier alpha value is -3.35. The monoisotopic (exact) mass is 382 g/mol. The zero-order valence-corrected chi connectivity index (χ0v) is 16.0. The van der Waals surface area contributed by atoms with Crippen molar-refractivity contribution in [3.63, 3.8) is 0 Å². The van der Waals surface area contributed by atoms with Gasteiger partial charge in [-0.15, -0.1) is 10.2 Å². The van der Waals surface area contributed by atoms with Gasteiger partial charge in [-0.2, -0.15) is 0 Å². The Balaban J connectivity index is 1.56. The summed E-state index contributed by atoms with van der Waals surface area (Å²) in [6.07, 6.45) is 0.118. The van der Waals surface area contributed by atoms with Gasteiger partial charge in [-0.3, -0.25) is 4.79 Å². The van der Waals surface area contributed by atoms with Crippen LogP contribution in [-0.4, -0.2) is 30.4 Å². The highest BCUT2D eigenvalue weighted by Gasteiger charge is 2.19. The van der Waals surface area contributed by atoms with Crippen LogP contribution in [0.25, 0.3) is 11.5 Å². The number of ether oxygens (including phenoxy) is 3. The maximum Gasteiger partial charge on any atom is 0.306 e. The summed E-state index contributed by atoms with van der Waals surface area (Å²) < 4.78 is 21.5. The molecule has 0 aliphatic rings. The fraction of sp³-hybridized carbons (Fsp3) is 0.286. The Kier molecular flexibility index (Phi) is 6.26. The Morgan fingerprint density at radius 2 is 1.79 bits per heavy atom. The summed E-state index contributed by atoms with van der Waals surface area (Å²) in [4.78, 5) is 12.2. The maximum absolute atomic E-state index is 12.2. The molecule has 0 aliphatic carbocycles. The van der Waals surface area contributed by atoms with Crippen LogP contribution >= 0.6 is 0 Å². The number of esters is 1. The molecular weight excluding hydrogens is 360 g/mol. The summed E-state index contributed by atoms with van der Waals surface area (Å²) in [6, 6.07) is 15.0. The highest BCUT2D eigenvalue weighted by molar-refractivity contribution is 5.70. The van der Waals surface area contributed by atoms with Crippen LogP contribution in [0.15, 0.2) is 52.9 Å². The molecule has 0 aliphatic heterocycles. The number of hydrogen-bond acceptors (Lipinski definition) is 7. The Labute approximate surface area is 163 Å². The van der Waals surface area contributed by atoms with Gasteiger partial charge in [0.1, 0.15) is 0 Å². The molecule has 0 saturated heterocycles. The summed E-state index contributed by atoms with van der Waals surface area (Å²) in [6.45, 7) is 1.70. The average Bonchev–Trinajstić information content (AvgIpc) is 3.23. The molecule has 0 saturated carbocycles. The van der Waals surface area contributed by atoms with Crippen LogP contribution in [0.3, 0.4) is 0 Å². The van der Waals surface area contributed by atoms with Gasteiger partial charge < -0.3 is 18.6 Å². The molecule has 0 spiro atoms. The fourth-order valence-electron chi connectivity index (χ4n) is 2.69. The molecule has 3 aromatic rings. The molecular formula is C21H22N2O5. The number of nitrogens with zero attached hydrogens (tertiary/aromatic N) is 2. The number of benzene rings is 2. The van der Waals surface area contributed by atoms with Crippen LogP contribution in [0.1, 0.15) is 30.9 Å². The second-order valence-electron chi connectivity index (χ2n) is 6.13. The van der Waals surface area contributed by atoms with Crippen molar-refractivity contribution in [2.24, 2.45) is 0 Å². The molecule has 0 fully saturated rings. The van der Waals surface area contributed by atoms with Crippen LogP contribution in [0, 0.1) is 0 Å². The molecule has 7 nitrogen and oxygen atoms in total. The van der Waals surface area contributed by atoms with Crippen LogP contribution < -0.4 is 9.47 Å². The van der Waals surface area contributed by atoms with Crippen LogP contribution in [0.5, 0.6) is 11.5 Å². The summed E-state index contributed by atoms with van der Waals surface area (Å²) >= 11 is 0. The van der Waals surface area contributed by atoms with E-state index in [0.29, 0.717) is 23.8 Å². The summed E-state index contributed by atoms with van der Waals surface area (Å²) in [7, 11) is 3.16. The van der Waals surface area contributed by atoms with E-state index in [1.54, 1.807) is 21.1 Å². The average molecular weight is 382 g/mol. The van der Waals surface area contributed by atoms with Crippen molar-refractivity contribution in [2.45, 2.75) is 25.9 Å². The smallest absolute Gasteiger partial charge is 0.306 e. The van der Waals surface area contributed by atoms with Gasteiger partial charge in [-0.1, -0.05) is 24.3 Å². The lowest BCUT2D eigenvalue weighted by atomic mass is 10.1. The number of carbonyl (C=O) groups excluding carboxylic acids is 1. The first-order valence-electron chi connectivity index (χ1n) is 8.90. The number of hydrogen-bond donors (Lipinski definition) is 0. The second kappa shape index (κ2) is 9.03. The van der Waals surface area contributed by atoms with E-state index in [9.17, 15) is 4.79 Å². The predicted molar refractivity (Wildman–Crippen MR) is 102 cm³/mol. The van der Waals surface area contributed by atoms with E-state index in [0.717, 1.165) is 11.1 Å². The molecule has 0 unspecified atom stereocenters. The maximum atomic E-state index is 12.2. The third-order valence-corrected chi connectivity index (χ3v) is 4.18. The number of methoxy groups -OCH3 is 2. The Morgan fingerprint density at radius 3 is 2.50 bits per heavy atom. The van der Waals surface area contributed by atoms with E-state index < -0.39 is 6.10 Å². The minimum Gasteiger partial charge on any atom is -0.493 e. The van der Waals surface area contributed by atoms with E-state index in [4.69, 9.17) is 18.6 Å².